The highest BCUT2D eigenvalue weighted by atomic mass is 15.3. The number of nitrogens with two attached hydrogens (primary N) is 1. The van der Waals surface area contributed by atoms with Crippen LogP contribution < -0.4 is 5.73 Å². The summed E-state index contributed by atoms with van der Waals surface area (Å²) in [5, 5.41) is 4.42. The third kappa shape index (κ3) is 3.26. The van der Waals surface area contributed by atoms with Crippen molar-refractivity contribution < 1.29 is 0 Å². The maximum absolute atomic E-state index is 5.88. The average Bonchev–Trinajstić information content (AvgIpc) is 2.32. The van der Waals surface area contributed by atoms with Crippen LogP contribution in [0.3, 0.4) is 0 Å². The lowest BCUT2D eigenvalue weighted by atomic mass is 9.91. The van der Waals surface area contributed by atoms with Gasteiger partial charge in [0.1, 0.15) is 0 Å². The summed E-state index contributed by atoms with van der Waals surface area (Å²) in [5.41, 5.74) is 9.17. The predicted molar refractivity (Wildman–Crippen MR) is 64.8 cm³/mol. The first kappa shape index (κ1) is 12.1. The second-order valence-corrected chi connectivity index (χ2v) is 5.47. The van der Waals surface area contributed by atoms with Crippen molar-refractivity contribution >= 4 is 5.69 Å². The molecule has 0 aliphatic rings. The fourth-order valence-corrected chi connectivity index (χ4v) is 1.69. The molecule has 0 saturated heterocycles. The van der Waals surface area contributed by atoms with Gasteiger partial charge in [-0.1, -0.05) is 20.8 Å². The van der Waals surface area contributed by atoms with Gasteiger partial charge in [-0.2, -0.15) is 5.10 Å². The van der Waals surface area contributed by atoms with Gasteiger partial charge in [-0.3, -0.25) is 4.68 Å². The number of anilines is 1. The van der Waals surface area contributed by atoms with Crippen molar-refractivity contribution in [3.63, 3.8) is 0 Å². The van der Waals surface area contributed by atoms with Crippen molar-refractivity contribution in [2.24, 2.45) is 5.41 Å². The molecular weight excluding hydrogens is 186 g/mol. The molecule has 86 valence electrons. The van der Waals surface area contributed by atoms with E-state index < -0.39 is 0 Å². The highest BCUT2D eigenvalue weighted by molar-refractivity contribution is 5.46. The predicted octanol–water partition coefficient (Wildman–Crippen LogP) is 2.91. The molecule has 0 aromatic carbocycles. The summed E-state index contributed by atoms with van der Waals surface area (Å²) in [6.07, 6.45) is 2.37. The minimum Gasteiger partial charge on any atom is -0.396 e. The largest absolute Gasteiger partial charge is 0.396 e. The van der Waals surface area contributed by atoms with Gasteiger partial charge in [-0.05, 0) is 32.1 Å². The minimum absolute atomic E-state index is 0.404. The first-order valence-corrected chi connectivity index (χ1v) is 5.61. The van der Waals surface area contributed by atoms with Crippen LogP contribution in [0.5, 0.6) is 0 Å². The number of aryl methyl sites for hydroxylation is 2. The lowest BCUT2D eigenvalue weighted by Crippen LogP contribution is -2.09. The first-order valence-electron chi connectivity index (χ1n) is 5.61. The summed E-state index contributed by atoms with van der Waals surface area (Å²) in [5.74, 6) is 0. The minimum atomic E-state index is 0.404. The summed E-state index contributed by atoms with van der Waals surface area (Å²) in [6, 6.07) is 0. The van der Waals surface area contributed by atoms with Crippen LogP contribution in [0.15, 0.2) is 0 Å². The Labute approximate surface area is 92.7 Å². The number of nitrogen functional groups attached to an aromatic ring is 1. The maximum atomic E-state index is 5.88. The molecule has 0 unspecified atom stereocenters. The van der Waals surface area contributed by atoms with E-state index in [2.05, 4.69) is 25.9 Å². The van der Waals surface area contributed by atoms with E-state index in [-0.39, 0.29) is 0 Å². The van der Waals surface area contributed by atoms with Crippen molar-refractivity contribution in [1.29, 1.82) is 0 Å². The molecule has 0 aliphatic heterocycles. The summed E-state index contributed by atoms with van der Waals surface area (Å²) in [7, 11) is 0. The third-order valence-electron chi connectivity index (χ3n) is 2.73. The van der Waals surface area contributed by atoms with E-state index in [1.165, 1.54) is 6.42 Å². The fourth-order valence-electron chi connectivity index (χ4n) is 1.69. The monoisotopic (exact) mass is 209 g/mol. The Kier molecular flexibility index (Phi) is 3.42. The lowest BCUT2D eigenvalue weighted by Gasteiger charge is -2.17. The van der Waals surface area contributed by atoms with E-state index in [0.29, 0.717) is 5.41 Å². The summed E-state index contributed by atoms with van der Waals surface area (Å²) < 4.78 is 2.02. The van der Waals surface area contributed by atoms with Crippen LogP contribution in [0.4, 0.5) is 5.69 Å². The zero-order chi connectivity index (χ0) is 11.6. The number of aromatic nitrogens is 2. The topological polar surface area (TPSA) is 43.8 Å². The molecule has 1 aromatic heterocycles. The summed E-state index contributed by atoms with van der Waals surface area (Å²) in [4.78, 5) is 0. The van der Waals surface area contributed by atoms with E-state index >= 15 is 0 Å². The average molecular weight is 209 g/mol. The van der Waals surface area contributed by atoms with E-state index in [0.717, 1.165) is 30.0 Å². The van der Waals surface area contributed by atoms with Crippen LogP contribution >= 0.6 is 0 Å². The quantitative estimate of drug-likeness (QED) is 0.831. The molecule has 3 heteroatoms. The second-order valence-electron chi connectivity index (χ2n) is 5.47. The molecule has 3 nitrogen and oxygen atoms in total. The Morgan fingerprint density at radius 2 is 1.87 bits per heavy atom. The van der Waals surface area contributed by atoms with Gasteiger partial charge >= 0.3 is 0 Å². The zero-order valence-electron chi connectivity index (χ0n) is 10.6. The van der Waals surface area contributed by atoms with E-state index in [9.17, 15) is 0 Å². The third-order valence-corrected chi connectivity index (χ3v) is 2.73. The van der Waals surface area contributed by atoms with Crippen LogP contribution in [-0.2, 0) is 6.54 Å². The van der Waals surface area contributed by atoms with Crippen molar-refractivity contribution in [2.45, 2.75) is 54.0 Å². The molecule has 0 atom stereocenters. The molecule has 0 fully saturated rings. The normalized spacial score (nSPS) is 12.1. The number of hydrogen-bond donors (Lipinski definition) is 1. The van der Waals surface area contributed by atoms with Crippen molar-refractivity contribution in [2.75, 3.05) is 5.73 Å². The van der Waals surface area contributed by atoms with Crippen LogP contribution in [0.1, 0.15) is 45.0 Å². The molecule has 15 heavy (non-hydrogen) atoms. The second kappa shape index (κ2) is 4.25. The SMILES string of the molecule is Cc1nn(CCCC(C)(C)C)c(C)c1N. The van der Waals surface area contributed by atoms with Crippen LogP contribution in [0.2, 0.25) is 0 Å². The van der Waals surface area contributed by atoms with Crippen molar-refractivity contribution in [1.82, 2.24) is 9.78 Å². The Morgan fingerprint density at radius 3 is 2.27 bits per heavy atom. The number of nitrogens with zero attached hydrogens (tertiary/aromatic N) is 2. The van der Waals surface area contributed by atoms with E-state index in [4.69, 9.17) is 5.73 Å². The van der Waals surface area contributed by atoms with Crippen molar-refractivity contribution in [3.8, 4) is 0 Å². The van der Waals surface area contributed by atoms with Gasteiger partial charge in [0.2, 0.25) is 0 Å². The lowest BCUT2D eigenvalue weighted by molar-refractivity contribution is 0.347. The molecule has 0 amide bonds. The highest BCUT2D eigenvalue weighted by Gasteiger charge is 2.11. The van der Waals surface area contributed by atoms with Gasteiger partial charge in [0, 0.05) is 6.54 Å². The van der Waals surface area contributed by atoms with Gasteiger partial charge in [-0.15, -0.1) is 0 Å². The Hall–Kier alpha value is -0.990. The molecule has 0 radical (unpaired) electrons. The van der Waals surface area contributed by atoms with Crippen molar-refractivity contribution in [3.05, 3.63) is 11.4 Å². The number of hydrogen-bond acceptors (Lipinski definition) is 2. The molecule has 0 saturated carbocycles. The van der Waals surface area contributed by atoms with Crippen LogP contribution in [0, 0.1) is 19.3 Å². The molecule has 1 rings (SSSR count). The van der Waals surface area contributed by atoms with Gasteiger partial charge in [-0.25, -0.2) is 0 Å². The van der Waals surface area contributed by atoms with Crippen LogP contribution in [-0.4, -0.2) is 9.78 Å². The molecule has 1 aromatic rings. The summed E-state index contributed by atoms with van der Waals surface area (Å²) in [6.45, 7) is 11.8. The summed E-state index contributed by atoms with van der Waals surface area (Å²) >= 11 is 0. The maximum Gasteiger partial charge on any atom is 0.0825 e. The Bertz CT molecular complexity index is 331. The van der Waals surface area contributed by atoms with E-state index in [1.807, 2.05) is 18.5 Å². The smallest absolute Gasteiger partial charge is 0.0825 e. The van der Waals surface area contributed by atoms with Gasteiger partial charge in [0.05, 0.1) is 17.1 Å². The zero-order valence-corrected chi connectivity index (χ0v) is 10.6. The number of rotatable bonds is 3. The van der Waals surface area contributed by atoms with Gasteiger partial charge < -0.3 is 5.73 Å². The Balaban J connectivity index is 2.55. The van der Waals surface area contributed by atoms with E-state index in [1.54, 1.807) is 0 Å². The Morgan fingerprint density at radius 1 is 1.27 bits per heavy atom. The van der Waals surface area contributed by atoms with Crippen LogP contribution in [0.25, 0.3) is 0 Å². The molecule has 2 N–H and O–H groups in total. The molecule has 0 aliphatic carbocycles. The molecule has 0 spiro atoms. The standard InChI is InChI=1S/C12H23N3/c1-9-11(13)10(2)15(14-9)8-6-7-12(3,4)5/h6-8,13H2,1-5H3. The van der Waals surface area contributed by atoms with Gasteiger partial charge in [0.15, 0.2) is 0 Å². The highest BCUT2D eigenvalue weighted by Crippen LogP contribution is 2.22. The fraction of sp³-hybridized carbons (Fsp3) is 0.750. The first-order chi connectivity index (χ1) is 6.81. The molecule has 1 heterocycles. The molecular formula is C12H23N3. The molecule has 0 bridgehead atoms. The van der Waals surface area contributed by atoms with Gasteiger partial charge in [0.25, 0.3) is 0 Å².